The summed E-state index contributed by atoms with van der Waals surface area (Å²) in [5, 5.41) is 22.0. The molecule has 3 atom stereocenters. The number of β-lactam (4-membered cyclic amide) rings is 1. The molecule has 2 heterocycles. The minimum absolute atomic E-state index is 0.0745. The fourth-order valence-corrected chi connectivity index (χ4v) is 3.34. The molecule has 0 aliphatic carbocycles. The van der Waals surface area contributed by atoms with E-state index in [1.54, 1.807) is 18.2 Å². The maximum Gasteiger partial charge on any atom is 0.336 e. The second-order valence-electron chi connectivity index (χ2n) is 5.63. The van der Waals surface area contributed by atoms with E-state index in [1.165, 1.54) is 19.1 Å². The molecule has 8 nitrogen and oxygen atoms in total. The zero-order chi connectivity index (χ0) is 16.8. The topological polar surface area (TPSA) is 108 Å². The standard InChI is InChI=1S/C15H18N2O6/c1-22-10-4-3-8(5-11(10)23-2)7-17-12-9(18)6-16-15(12,13(17)19)14(20)21/h3-5,9,12,16,18H,6-7H2,1-2H3,(H,20,21)/t9-,12+,15-/m0/s1. The van der Waals surface area contributed by atoms with E-state index in [0.29, 0.717) is 11.5 Å². The number of aliphatic carboxylic acids is 1. The number of carboxylic acid groups (broad SMARTS) is 1. The van der Waals surface area contributed by atoms with Gasteiger partial charge in [-0.3, -0.25) is 10.1 Å². The molecule has 1 aromatic carbocycles. The van der Waals surface area contributed by atoms with Gasteiger partial charge in [0.05, 0.1) is 26.4 Å². The minimum atomic E-state index is -1.70. The van der Waals surface area contributed by atoms with Gasteiger partial charge in [-0.25, -0.2) is 4.79 Å². The molecule has 0 bridgehead atoms. The fraction of sp³-hybridized carbons (Fsp3) is 0.467. The first-order valence-electron chi connectivity index (χ1n) is 7.14. The largest absolute Gasteiger partial charge is 0.493 e. The summed E-state index contributed by atoms with van der Waals surface area (Å²) in [7, 11) is 3.04. The first-order valence-corrected chi connectivity index (χ1v) is 7.14. The van der Waals surface area contributed by atoms with Crippen molar-refractivity contribution in [2.45, 2.75) is 24.2 Å². The number of benzene rings is 1. The second-order valence-corrected chi connectivity index (χ2v) is 5.63. The number of carbonyl (C=O) groups is 2. The summed E-state index contributed by atoms with van der Waals surface area (Å²) >= 11 is 0. The smallest absolute Gasteiger partial charge is 0.336 e. The van der Waals surface area contributed by atoms with E-state index in [4.69, 9.17) is 9.47 Å². The lowest BCUT2D eigenvalue weighted by Crippen LogP contribution is -2.80. The quantitative estimate of drug-likeness (QED) is 0.481. The molecular weight excluding hydrogens is 304 g/mol. The molecule has 0 aromatic heterocycles. The van der Waals surface area contributed by atoms with Gasteiger partial charge in [-0.1, -0.05) is 6.07 Å². The molecule has 1 aromatic rings. The Bertz CT molecular complexity index is 663. The molecule has 124 valence electrons. The van der Waals surface area contributed by atoms with Crippen molar-refractivity contribution < 1.29 is 29.3 Å². The zero-order valence-corrected chi connectivity index (χ0v) is 12.8. The highest BCUT2D eigenvalue weighted by Gasteiger charge is 2.71. The summed E-state index contributed by atoms with van der Waals surface area (Å²) in [5.74, 6) is -0.713. The molecule has 23 heavy (non-hydrogen) atoms. The van der Waals surface area contributed by atoms with Gasteiger partial charge in [-0.15, -0.1) is 0 Å². The van der Waals surface area contributed by atoms with Crippen LogP contribution in [0, 0.1) is 0 Å². The lowest BCUT2D eigenvalue weighted by atomic mass is 9.79. The number of carboxylic acids is 1. The SMILES string of the molecule is COc1ccc(CN2C(=O)[C@@]3(C(=O)O)NC[C@H](O)[C@@H]23)cc1OC. The normalized spacial score (nSPS) is 29.0. The molecular formula is C15H18N2O6. The summed E-state index contributed by atoms with van der Waals surface area (Å²) in [5.41, 5.74) is -0.940. The lowest BCUT2D eigenvalue weighted by Gasteiger charge is -2.50. The summed E-state index contributed by atoms with van der Waals surface area (Å²) in [6.07, 6.45) is -0.913. The molecule has 8 heteroatoms. The van der Waals surface area contributed by atoms with Crippen molar-refractivity contribution >= 4 is 11.9 Å². The van der Waals surface area contributed by atoms with Crippen LogP contribution in [-0.4, -0.2) is 65.4 Å². The molecule has 0 unspecified atom stereocenters. The van der Waals surface area contributed by atoms with Crippen LogP contribution in [0.25, 0.3) is 0 Å². The van der Waals surface area contributed by atoms with Gasteiger partial charge < -0.3 is 24.6 Å². The van der Waals surface area contributed by atoms with Gasteiger partial charge in [0.1, 0.15) is 0 Å². The summed E-state index contributed by atoms with van der Waals surface area (Å²) in [6, 6.07) is 4.43. The number of aliphatic hydroxyl groups excluding tert-OH is 1. The average Bonchev–Trinajstić information content (AvgIpc) is 2.86. The monoisotopic (exact) mass is 322 g/mol. The number of carbonyl (C=O) groups excluding carboxylic acids is 1. The van der Waals surface area contributed by atoms with E-state index in [1.807, 2.05) is 0 Å². The second kappa shape index (κ2) is 5.39. The highest BCUT2D eigenvalue weighted by Crippen LogP contribution is 2.39. The van der Waals surface area contributed by atoms with Crippen LogP contribution >= 0.6 is 0 Å². The first kappa shape index (κ1) is 15.6. The Hall–Kier alpha value is -2.32. The third-order valence-electron chi connectivity index (χ3n) is 4.47. The van der Waals surface area contributed by atoms with Gasteiger partial charge in [0.2, 0.25) is 5.54 Å². The van der Waals surface area contributed by atoms with Crippen molar-refractivity contribution in [3.05, 3.63) is 23.8 Å². The predicted molar refractivity (Wildman–Crippen MR) is 78.3 cm³/mol. The molecule has 3 N–H and O–H groups in total. The van der Waals surface area contributed by atoms with Gasteiger partial charge in [0.15, 0.2) is 11.5 Å². The average molecular weight is 322 g/mol. The molecule has 2 fully saturated rings. The molecule has 1 amide bonds. The van der Waals surface area contributed by atoms with Gasteiger partial charge >= 0.3 is 5.97 Å². The number of β-amino-alcohol motifs (C(OH)–C–C–N with tert-alkyl or cyclic N) is 1. The number of nitrogens with zero attached hydrogens (tertiary/aromatic N) is 1. The number of nitrogens with one attached hydrogen (secondary N) is 1. The Morgan fingerprint density at radius 1 is 1.39 bits per heavy atom. The van der Waals surface area contributed by atoms with Crippen molar-refractivity contribution in [2.75, 3.05) is 20.8 Å². The maximum atomic E-state index is 12.3. The summed E-state index contributed by atoms with van der Waals surface area (Å²) in [4.78, 5) is 25.2. The maximum absolute atomic E-state index is 12.3. The van der Waals surface area contributed by atoms with Gasteiger partial charge in [-0.2, -0.15) is 0 Å². The van der Waals surface area contributed by atoms with E-state index in [2.05, 4.69) is 5.32 Å². The van der Waals surface area contributed by atoms with E-state index in [0.717, 1.165) is 5.56 Å². The van der Waals surface area contributed by atoms with Crippen LogP contribution < -0.4 is 14.8 Å². The molecule has 2 aliphatic heterocycles. The minimum Gasteiger partial charge on any atom is -0.493 e. The van der Waals surface area contributed by atoms with Gasteiger partial charge in [0.25, 0.3) is 5.91 Å². The van der Waals surface area contributed by atoms with Crippen molar-refractivity contribution in [1.82, 2.24) is 10.2 Å². The number of amides is 1. The highest BCUT2D eigenvalue weighted by atomic mass is 16.5. The number of ether oxygens (including phenoxy) is 2. The third kappa shape index (κ3) is 2.06. The zero-order valence-electron chi connectivity index (χ0n) is 12.8. The Labute approximate surface area is 132 Å². The van der Waals surface area contributed by atoms with E-state index < -0.39 is 29.6 Å². The Morgan fingerprint density at radius 2 is 2.09 bits per heavy atom. The van der Waals surface area contributed by atoms with Crippen molar-refractivity contribution in [3.8, 4) is 11.5 Å². The lowest BCUT2D eigenvalue weighted by molar-refractivity contribution is -0.178. The fourth-order valence-electron chi connectivity index (χ4n) is 3.34. The number of likely N-dealkylation sites (tertiary alicyclic amines) is 1. The third-order valence-corrected chi connectivity index (χ3v) is 4.47. The van der Waals surface area contributed by atoms with Gasteiger partial charge in [0, 0.05) is 13.1 Å². The van der Waals surface area contributed by atoms with Crippen LogP contribution in [-0.2, 0) is 16.1 Å². The number of fused-ring (bicyclic) bond motifs is 1. The van der Waals surface area contributed by atoms with E-state index in [-0.39, 0.29) is 13.1 Å². The van der Waals surface area contributed by atoms with Crippen molar-refractivity contribution in [1.29, 1.82) is 0 Å². The summed E-state index contributed by atoms with van der Waals surface area (Å²) < 4.78 is 10.4. The van der Waals surface area contributed by atoms with Crippen LogP contribution in [0.1, 0.15) is 5.56 Å². The molecule has 2 aliphatic rings. The van der Waals surface area contributed by atoms with Crippen molar-refractivity contribution in [3.63, 3.8) is 0 Å². The number of aliphatic hydroxyl groups is 1. The molecule has 3 rings (SSSR count). The first-order chi connectivity index (χ1) is 11.0. The number of hydrogen-bond acceptors (Lipinski definition) is 6. The summed E-state index contributed by atoms with van der Waals surface area (Å²) in [6.45, 7) is 0.267. The Kier molecular flexibility index (Phi) is 3.65. The molecule has 0 spiro atoms. The Balaban J connectivity index is 1.84. The number of rotatable bonds is 5. The molecule has 2 saturated heterocycles. The van der Waals surface area contributed by atoms with Crippen LogP contribution in [0.2, 0.25) is 0 Å². The van der Waals surface area contributed by atoms with Crippen molar-refractivity contribution in [2.24, 2.45) is 0 Å². The van der Waals surface area contributed by atoms with E-state index >= 15 is 0 Å². The van der Waals surface area contributed by atoms with Crippen LogP contribution in [0.5, 0.6) is 11.5 Å². The van der Waals surface area contributed by atoms with Crippen LogP contribution in [0.15, 0.2) is 18.2 Å². The molecule has 0 radical (unpaired) electrons. The number of methoxy groups -OCH3 is 2. The van der Waals surface area contributed by atoms with Crippen LogP contribution in [0.3, 0.4) is 0 Å². The van der Waals surface area contributed by atoms with E-state index in [9.17, 15) is 19.8 Å². The predicted octanol–water partition coefficient (Wildman–Crippen LogP) is -0.798. The highest BCUT2D eigenvalue weighted by molar-refractivity contribution is 6.13. The van der Waals surface area contributed by atoms with Crippen LogP contribution in [0.4, 0.5) is 0 Å². The van der Waals surface area contributed by atoms with Gasteiger partial charge in [-0.05, 0) is 17.7 Å². The molecule has 0 saturated carbocycles. The number of hydrogen-bond donors (Lipinski definition) is 3. The Morgan fingerprint density at radius 3 is 2.70 bits per heavy atom.